The van der Waals surface area contributed by atoms with Gasteiger partial charge in [-0.1, -0.05) is 13.8 Å². The average Bonchev–Trinajstić information content (AvgIpc) is 2.71. The second-order valence-corrected chi connectivity index (χ2v) is 6.36. The summed E-state index contributed by atoms with van der Waals surface area (Å²) in [5, 5.41) is 2.70. The summed E-state index contributed by atoms with van der Waals surface area (Å²) < 4.78 is 15.0. The molecule has 0 fully saturated rings. The van der Waals surface area contributed by atoms with Crippen molar-refractivity contribution in [3.63, 3.8) is 0 Å². The minimum atomic E-state index is -0.838. The van der Waals surface area contributed by atoms with Crippen molar-refractivity contribution in [1.82, 2.24) is 5.32 Å². The number of rotatable bonds is 7. The Kier molecular flexibility index (Phi) is 7.14. The Bertz CT molecular complexity index is 827. The minimum absolute atomic E-state index is 0.191. The van der Waals surface area contributed by atoms with Gasteiger partial charge in [0, 0.05) is 5.56 Å². The van der Waals surface area contributed by atoms with Gasteiger partial charge in [0.1, 0.15) is 17.5 Å². The van der Waals surface area contributed by atoms with Crippen LogP contribution in [-0.2, 0) is 9.53 Å². The third-order valence-corrected chi connectivity index (χ3v) is 4.05. The summed E-state index contributed by atoms with van der Waals surface area (Å²) in [6, 6.07) is 11.7. The van der Waals surface area contributed by atoms with Crippen molar-refractivity contribution >= 4 is 17.8 Å². The molecule has 0 saturated carbocycles. The van der Waals surface area contributed by atoms with Gasteiger partial charge < -0.3 is 19.5 Å². The molecule has 28 heavy (non-hydrogen) atoms. The van der Waals surface area contributed by atoms with E-state index < -0.39 is 18.0 Å². The first-order valence-corrected chi connectivity index (χ1v) is 8.70. The number of hydrogen-bond donors (Lipinski definition) is 1. The molecule has 7 heteroatoms. The van der Waals surface area contributed by atoms with Crippen LogP contribution in [0.25, 0.3) is 0 Å². The van der Waals surface area contributed by atoms with E-state index >= 15 is 0 Å². The molecule has 0 radical (unpaired) electrons. The molecule has 0 spiro atoms. The van der Waals surface area contributed by atoms with Crippen molar-refractivity contribution in [2.75, 3.05) is 14.2 Å². The Morgan fingerprint density at radius 2 is 1.36 bits per heavy atom. The van der Waals surface area contributed by atoms with E-state index in [9.17, 15) is 14.4 Å². The number of hydrogen-bond acceptors (Lipinski definition) is 6. The number of carbonyl (C=O) groups excluding carboxylic acids is 3. The van der Waals surface area contributed by atoms with E-state index in [0.29, 0.717) is 16.9 Å². The summed E-state index contributed by atoms with van der Waals surface area (Å²) >= 11 is 0. The van der Waals surface area contributed by atoms with E-state index in [0.717, 1.165) is 0 Å². The van der Waals surface area contributed by atoms with Crippen LogP contribution in [0.1, 0.15) is 34.6 Å². The zero-order valence-electron chi connectivity index (χ0n) is 16.2. The van der Waals surface area contributed by atoms with Gasteiger partial charge in [-0.15, -0.1) is 0 Å². The molecule has 0 bridgehead atoms. The fourth-order valence-corrected chi connectivity index (χ4v) is 2.42. The van der Waals surface area contributed by atoms with Gasteiger partial charge in [0.2, 0.25) is 0 Å². The molecule has 0 unspecified atom stereocenters. The number of benzene rings is 2. The summed E-state index contributed by atoms with van der Waals surface area (Å²) in [7, 11) is 2.83. The molecule has 0 aliphatic rings. The van der Waals surface area contributed by atoms with Crippen molar-refractivity contribution in [2.45, 2.75) is 19.9 Å². The van der Waals surface area contributed by atoms with Gasteiger partial charge in [-0.2, -0.15) is 0 Å². The van der Waals surface area contributed by atoms with Gasteiger partial charge in [0.15, 0.2) is 0 Å². The van der Waals surface area contributed by atoms with E-state index in [1.165, 1.54) is 38.5 Å². The van der Waals surface area contributed by atoms with E-state index in [-0.39, 0.29) is 17.6 Å². The molecule has 148 valence electrons. The molecule has 1 atom stereocenters. The molecule has 0 heterocycles. The number of amides is 1. The van der Waals surface area contributed by atoms with Gasteiger partial charge in [-0.25, -0.2) is 9.59 Å². The summed E-state index contributed by atoms with van der Waals surface area (Å²) in [6.45, 7) is 3.61. The van der Waals surface area contributed by atoms with Crippen LogP contribution in [0.3, 0.4) is 0 Å². The number of esters is 2. The average molecular weight is 385 g/mol. The second kappa shape index (κ2) is 9.55. The molecule has 0 aromatic heterocycles. The molecule has 0 aliphatic heterocycles. The van der Waals surface area contributed by atoms with Crippen LogP contribution in [0.15, 0.2) is 48.5 Å². The highest BCUT2D eigenvalue weighted by atomic mass is 16.5. The fraction of sp³-hybridized carbons (Fsp3) is 0.286. The monoisotopic (exact) mass is 385 g/mol. The highest BCUT2D eigenvalue weighted by Crippen LogP contribution is 2.16. The lowest BCUT2D eigenvalue weighted by Gasteiger charge is -2.21. The van der Waals surface area contributed by atoms with Crippen LogP contribution in [0.2, 0.25) is 0 Å². The molecule has 1 N–H and O–H groups in total. The lowest BCUT2D eigenvalue weighted by atomic mass is 10.0. The Morgan fingerprint density at radius 3 is 1.86 bits per heavy atom. The van der Waals surface area contributed by atoms with E-state index in [2.05, 4.69) is 10.1 Å². The predicted octanol–water partition coefficient (Wildman–Crippen LogP) is 2.84. The quantitative estimate of drug-likeness (QED) is 0.582. The highest BCUT2D eigenvalue weighted by Gasteiger charge is 2.26. The van der Waals surface area contributed by atoms with Gasteiger partial charge >= 0.3 is 11.9 Å². The summed E-state index contributed by atoms with van der Waals surface area (Å²) in [4.78, 5) is 36.5. The third-order valence-electron chi connectivity index (χ3n) is 4.05. The minimum Gasteiger partial charge on any atom is -0.497 e. The maximum Gasteiger partial charge on any atom is 0.337 e. The number of nitrogens with one attached hydrogen (secondary N) is 1. The highest BCUT2D eigenvalue weighted by molar-refractivity contribution is 5.97. The van der Waals surface area contributed by atoms with Gasteiger partial charge in [-0.3, -0.25) is 4.79 Å². The van der Waals surface area contributed by atoms with E-state index in [1.807, 2.05) is 0 Å². The second-order valence-electron chi connectivity index (χ2n) is 6.36. The van der Waals surface area contributed by atoms with Crippen LogP contribution in [0.4, 0.5) is 0 Å². The van der Waals surface area contributed by atoms with Crippen LogP contribution >= 0.6 is 0 Å². The van der Waals surface area contributed by atoms with Crippen molar-refractivity contribution in [2.24, 2.45) is 5.92 Å². The van der Waals surface area contributed by atoms with Crippen molar-refractivity contribution in [1.29, 1.82) is 0 Å². The fourth-order valence-electron chi connectivity index (χ4n) is 2.42. The van der Waals surface area contributed by atoms with Crippen LogP contribution in [0.5, 0.6) is 11.5 Å². The first kappa shape index (κ1) is 21.0. The largest absolute Gasteiger partial charge is 0.497 e. The molecular formula is C21H23NO6. The molecular weight excluding hydrogens is 362 g/mol. The van der Waals surface area contributed by atoms with Crippen molar-refractivity contribution < 1.29 is 28.6 Å². The molecule has 7 nitrogen and oxygen atoms in total. The maximum atomic E-state index is 12.5. The summed E-state index contributed by atoms with van der Waals surface area (Å²) in [5.41, 5.74) is 0.747. The summed E-state index contributed by atoms with van der Waals surface area (Å²) in [6.07, 6.45) is 0. The Balaban J connectivity index is 2.06. The Morgan fingerprint density at radius 1 is 0.821 bits per heavy atom. The molecule has 2 aromatic carbocycles. The van der Waals surface area contributed by atoms with Gasteiger partial charge in [0.25, 0.3) is 5.91 Å². The first-order chi connectivity index (χ1) is 13.3. The third kappa shape index (κ3) is 5.33. The van der Waals surface area contributed by atoms with Gasteiger partial charge in [0.05, 0.1) is 19.8 Å². The normalized spacial score (nSPS) is 11.5. The SMILES string of the molecule is COC(=O)c1ccc(OC(=O)[C@@H](NC(=O)c2ccc(OC)cc2)C(C)C)cc1. The lowest BCUT2D eigenvalue weighted by Crippen LogP contribution is -2.46. The molecule has 1 amide bonds. The molecule has 2 aromatic rings. The number of ether oxygens (including phenoxy) is 3. The van der Waals surface area contributed by atoms with E-state index in [1.54, 1.807) is 38.1 Å². The van der Waals surface area contributed by atoms with Crippen LogP contribution in [-0.4, -0.2) is 38.1 Å². The topological polar surface area (TPSA) is 90.9 Å². The standard InChI is InChI=1S/C21H23NO6/c1-13(2)18(22-19(23)14-5-9-16(26-3)10-6-14)21(25)28-17-11-7-15(8-12-17)20(24)27-4/h5-13,18H,1-4H3,(H,22,23)/t18-/m0/s1. The first-order valence-electron chi connectivity index (χ1n) is 8.70. The Labute approximate surface area is 163 Å². The van der Waals surface area contributed by atoms with Crippen LogP contribution < -0.4 is 14.8 Å². The van der Waals surface area contributed by atoms with Gasteiger partial charge in [-0.05, 0) is 54.4 Å². The summed E-state index contributed by atoms with van der Waals surface area (Å²) in [5.74, 6) is -0.760. The van der Waals surface area contributed by atoms with Crippen molar-refractivity contribution in [3.05, 3.63) is 59.7 Å². The molecule has 2 rings (SSSR count). The zero-order chi connectivity index (χ0) is 20.7. The number of carbonyl (C=O) groups is 3. The predicted molar refractivity (Wildman–Crippen MR) is 103 cm³/mol. The maximum absolute atomic E-state index is 12.5. The van der Waals surface area contributed by atoms with Crippen LogP contribution in [0, 0.1) is 5.92 Å². The molecule has 0 saturated heterocycles. The van der Waals surface area contributed by atoms with E-state index in [4.69, 9.17) is 9.47 Å². The number of methoxy groups -OCH3 is 2. The molecule has 0 aliphatic carbocycles. The Hall–Kier alpha value is -3.35. The van der Waals surface area contributed by atoms with Crippen molar-refractivity contribution in [3.8, 4) is 11.5 Å². The zero-order valence-corrected chi connectivity index (χ0v) is 16.2. The smallest absolute Gasteiger partial charge is 0.337 e. The lowest BCUT2D eigenvalue weighted by molar-refractivity contribution is -0.137.